The van der Waals surface area contributed by atoms with Crippen LogP contribution < -0.4 is 14.2 Å². The molecule has 0 aliphatic rings. The van der Waals surface area contributed by atoms with Crippen LogP contribution in [0.15, 0.2) is 12.1 Å². The van der Waals surface area contributed by atoms with Crippen LogP contribution in [0.2, 0.25) is 0 Å². The second-order valence-electron chi connectivity index (χ2n) is 3.62. The molecule has 0 heterocycles. The predicted molar refractivity (Wildman–Crippen MR) is 71.9 cm³/mol. The van der Waals surface area contributed by atoms with E-state index in [4.69, 9.17) is 14.2 Å². The number of rotatable bonds is 5. The topological polar surface area (TPSA) is 48.0 Å². The Balaban J connectivity index is 3.18. The normalized spacial score (nSPS) is 9.83. The fourth-order valence-electron chi connectivity index (χ4n) is 1.53. The minimum Gasteiger partial charge on any atom is -0.496 e. The second kappa shape index (κ2) is 6.49. The fraction of sp³-hybridized carbons (Fsp3) is 0.417. The van der Waals surface area contributed by atoms with Crippen LogP contribution in [0.1, 0.15) is 5.56 Å². The lowest BCUT2D eigenvalue weighted by atomic mass is 10.1. The van der Waals surface area contributed by atoms with Crippen molar-refractivity contribution in [1.29, 1.82) is 0 Å². The molecule has 0 bridgehead atoms. The van der Waals surface area contributed by atoms with Crippen molar-refractivity contribution < 1.29 is 19.0 Å². The van der Waals surface area contributed by atoms with Gasteiger partial charge in [-0.25, -0.2) is 0 Å². The van der Waals surface area contributed by atoms with E-state index in [-0.39, 0.29) is 4.82 Å². The van der Waals surface area contributed by atoms with Gasteiger partial charge in [-0.3, -0.25) is 4.79 Å². The van der Waals surface area contributed by atoms with Crippen LogP contribution in [-0.4, -0.2) is 38.1 Å². The van der Waals surface area contributed by atoms with Crippen molar-refractivity contribution in [2.24, 2.45) is 0 Å². The number of halogens is 1. The van der Waals surface area contributed by atoms with E-state index in [1.807, 2.05) is 0 Å². The number of hydrogen-bond acceptors (Lipinski definition) is 4. The number of nitrogens with zero attached hydrogens (tertiary/aromatic N) is 1. The van der Waals surface area contributed by atoms with E-state index in [9.17, 15) is 4.79 Å². The summed E-state index contributed by atoms with van der Waals surface area (Å²) in [6.45, 7) is 0.375. The minimum absolute atomic E-state index is 0.206. The number of ether oxygens (including phenoxy) is 3. The number of hydrogen-bond donors (Lipinski definition) is 0. The third-order valence-electron chi connectivity index (χ3n) is 2.51. The molecule has 0 aliphatic carbocycles. The number of amides is 1. The van der Waals surface area contributed by atoms with Gasteiger partial charge in [0.15, 0.2) is 0 Å². The maximum atomic E-state index is 11.2. The molecule has 18 heavy (non-hydrogen) atoms. The zero-order chi connectivity index (χ0) is 13.7. The Morgan fingerprint density at radius 2 is 1.67 bits per heavy atom. The van der Waals surface area contributed by atoms with E-state index in [0.29, 0.717) is 23.8 Å². The number of carbonyl (C=O) groups excluding carboxylic acids is 1. The average Bonchev–Trinajstić information content (AvgIpc) is 2.38. The Hall–Kier alpha value is -1.43. The molecule has 5 nitrogen and oxygen atoms in total. The van der Waals surface area contributed by atoms with Crippen LogP contribution in [0, 0.1) is 0 Å². The molecule has 1 aromatic carbocycles. The molecule has 0 saturated carbocycles. The molecule has 0 saturated heterocycles. The molecule has 1 rings (SSSR count). The summed E-state index contributed by atoms with van der Waals surface area (Å²) in [5.74, 6) is 1.87. The molecule has 0 N–H and O–H groups in total. The first-order valence-corrected chi connectivity index (χ1v) is 6.02. The third kappa shape index (κ3) is 3.29. The molecule has 1 aromatic rings. The maximum Gasteiger partial charge on any atom is 0.289 e. The van der Waals surface area contributed by atoms with Gasteiger partial charge in [-0.15, -0.1) is 0 Å². The van der Waals surface area contributed by atoms with E-state index in [2.05, 4.69) is 15.9 Å². The van der Waals surface area contributed by atoms with Gasteiger partial charge in [-0.05, 0) is 0 Å². The molecular formula is C12H16BrNO4. The number of benzene rings is 1. The molecule has 0 aromatic heterocycles. The van der Waals surface area contributed by atoms with Crippen LogP contribution in [-0.2, 0) is 6.54 Å². The molecule has 100 valence electrons. The van der Waals surface area contributed by atoms with Gasteiger partial charge in [0, 0.05) is 35.1 Å². The van der Waals surface area contributed by atoms with Crippen LogP contribution >= 0.6 is 15.9 Å². The molecular weight excluding hydrogens is 302 g/mol. The van der Waals surface area contributed by atoms with E-state index < -0.39 is 0 Å². The first kappa shape index (κ1) is 14.6. The molecule has 0 radical (unpaired) electrons. The highest BCUT2D eigenvalue weighted by atomic mass is 79.9. The zero-order valence-corrected chi connectivity index (χ0v) is 12.4. The lowest BCUT2D eigenvalue weighted by Crippen LogP contribution is -2.20. The summed E-state index contributed by atoms with van der Waals surface area (Å²) >= 11 is 2.90. The van der Waals surface area contributed by atoms with Gasteiger partial charge in [-0.2, -0.15) is 0 Å². The molecule has 0 unspecified atom stereocenters. The first-order chi connectivity index (χ1) is 8.53. The van der Waals surface area contributed by atoms with Gasteiger partial charge in [-0.1, -0.05) is 0 Å². The monoisotopic (exact) mass is 317 g/mol. The third-order valence-corrected chi connectivity index (χ3v) is 3.12. The van der Waals surface area contributed by atoms with E-state index in [1.54, 1.807) is 40.5 Å². The van der Waals surface area contributed by atoms with Crippen LogP contribution in [0.25, 0.3) is 0 Å². The van der Waals surface area contributed by atoms with Gasteiger partial charge >= 0.3 is 0 Å². The Labute approximate surface area is 115 Å². The van der Waals surface area contributed by atoms with Crippen molar-refractivity contribution >= 4 is 20.7 Å². The Bertz CT molecular complexity index is 411. The van der Waals surface area contributed by atoms with Crippen molar-refractivity contribution in [3.63, 3.8) is 0 Å². The van der Waals surface area contributed by atoms with Crippen LogP contribution in [0.4, 0.5) is 4.79 Å². The van der Waals surface area contributed by atoms with E-state index in [0.717, 1.165) is 5.56 Å². The average molecular weight is 318 g/mol. The molecule has 6 heteroatoms. The SMILES string of the molecule is COc1cc(OC)c(CN(C)C(=O)Br)c(OC)c1. The summed E-state index contributed by atoms with van der Waals surface area (Å²) < 4.78 is 15.8. The predicted octanol–water partition coefficient (Wildman–Crippen LogP) is 2.66. The molecule has 1 amide bonds. The Kier molecular flexibility index (Phi) is 5.27. The quantitative estimate of drug-likeness (QED) is 0.619. The summed E-state index contributed by atoms with van der Waals surface area (Å²) in [4.78, 5) is 12.5. The van der Waals surface area contributed by atoms with Gasteiger partial charge in [0.2, 0.25) is 0 Å². The fourth-order valence-corrected chi connectivity index (χ4v) is 1.66. The summed E-state index contributed by atoms with van der Waals surface area (Å²) in [6, 6.07) is 3.51. The second-order valence-corrected chi connectivity index (χ2v) is 4.30. The first-order valence-electron chi connectivity index (χ1n) is 5.23. The Morgan fingerprint density at radius 3 is 2.00 bits per heavy atom. The maximum absolute atomic E-state index is 11.2. The van der Waals surface area contributed by atoms with Gasteiger partial charge < -0.3 is 19.1 Å². The van der Waals surface area contributed by atoms with Crippen LogP contribution in [0.5, 0.6) is 17.2 Å². The number of methoxy groups -OCH3 is 3. The van der Waals surface area contributed by atoms with Crippen LogP contribution in [0.3, 0.4) is 0 Å². The Morgan fingerprint density at radius 1 is 1.17 bits per heavy atom. The van der Waals surface area contributed by atoms with Crippen molar-refractivity contribution in [2.45, 2.75) is 6.54 Å². The minimum atomic E-state index is -0.206. The largest absolute Gasteiger partial charge is 0.496 e. The zero-order valence-electron chi connectivity index (χ0n) is 10.8. The summed E-state index contributed by atoms with van der Waals surface area (Å²) in [7, 11) is 6.38. The molecule has 0 fully saturated rings. The summed E-state index contributed by atoms with van der Waals surface area (Å²) in [6.07, 6.45) is 0. The molecule has 0 aliphatic heterocycles. The number of carbonyl (C=O) groups is 1. The standard InChI is InChI=1S/C12H16BrNO4/c1-14(12(13)15)7-9-10(17-3)5-8(16-2)6-11(9)18-4/h5-6H,7H2,1-4H3. The van der Waals surface area contributed by atoms with Crippen molar-refractivity contribution in [3.05, 3.63) is 17.7 Å². The summed E-state index contributed by atoms with van der Waals surface area (Å²) in [5.41, 5.74) is 0.788. The van der Waals surface area contributed by atoms with Gasteiger partial charge in [0.05, 0.1) is 33.4 Å². The van der Waals surface area contributed by atoms with Crippen molar-refractivity contribution in [3.8, 4) is 17.2 Å². The smallest absolute Gasteiger partial charge is 0.289 e. The highest BCUT2D eigenvalue weighted by Gasteiger charge is 2.16. The summed E-state index contributed by atoms with van der Waals surface area (Å²) in [5, 5.41) is 0. The molecule has 0 spiro atoms. The van der Waals surface area contributed by atoms with E-state index >= 15 is 0 Å². The van der Waals surface area contributed by atoms with Gasteiger partial charge in [0.25, 0.3) is 4.82 Å². The lowest BCUT2D eigenvalue weighted by molar-refractivity contribution is 0.231. The van der Waals surface area contributed by atoms with E-state index in [1.165, 1.54) is 4.90 Å². The van der Waals surface area contributed by atoms with Gasteiger partial charge in [0.1, 0.15) is 17.2 Å². The highest BCUT2D eigenvalue weighted by Crippen LogP contribution is 2.34. The molecule has 0 atom stereocenters. The van der Waals surface area contributed by atoms with Crippen molar-refractivity contribution in [2.75, 3.05) is 28.4 Å². The lowest BCUT2D eigenvalue weighted by Gasteiger charge is -2.19. The van der Waals surface area contributed by atoms with Crippen molar-refractivity contribution in [1.82, 2.24) is 4.90 Å². The highest BCUT2D eigenvalue weighted by molar-refractivity contribution is 9.18.